The molecule has 0 aromatic carbocycles. The fraction of sp³-hybridized carbons (Fsp3) is 0.273. The Hall–Kier alpha value is -1.18. The van der Waals surface area contributed by atoms with Gasteiger partial charge in [-0.3, -0.25) is 4.79 Å². The van der Waals surface area contributed by atoms with Crippen molar-refractivity contribution in [1.29, 1.82) is 0 Å². The summed E-state index contributed by atoms with van der Waals surface area (Å²) in [5, 5.41) is 11.3. The van der Waals surface area contributed by atoms with E-state index in [4.69, 9.17) is 5.11 Å². The number of carbonyl (C=O) groups excluding carboxylic acids is 2. The predicted octanol–water partition coefficient (Wildman–Crippen LogP) is 1.17. The molecule has 0 radical (unpaired) electrons. The number of halogens is 1. The minimum absolute atomic E-state index is 0.469. The minimum Gasteiger partial charge on any atom is -0.467 e. The Bertz CT molecular complexity index is 458. The number of thiophene rings is 1. The normalized spacial score (nSPS) is 12.4. The molecule has 1 rings (SSSR count). The van der Waals surface area contributed by atoms with Gasteiger partial charge in [0.1, 0.15) is 0 Å². The van der Waals surface area contributed by atoms with Gasteiger partial charge >= 0.3 is 5.97 Å². The number of ether oxygens (including phenoxy) is 1. The van der Waals surface area contributed by atoms with E-state index in [1.54, 1.807) is 6.08 Å². The summed E-state index contributed by atoms with van der Waals surface area (Å²) >= 11 is 4.78. The van der Waals surface area contributed by atoms with Crippen LogP contribution < -0.4 is 5.32 Å². The lowest BCUT2D eigenvalue weighted by Crippen LogP contribution is -2.43. The molecule has 0 saturated carbocycles. The van der Waals surface area contributed by atoms with Gasteiger partial charge in [-0.2, -0.15) is 0 Å². The average Bonchev–Trinajstić information content (AvgIpc) is 2.78. The van der Waals surface area contributed by atoms with Crippen molar-refractivity contribution >= 4 is 45.2 Å². The fourth-order valence-electron chi connectivity index (χ4n) is 1.12. The van der Waals surface area contributed by atoms with E-state index in [0.29, 0.717) is 0 Å². The molecule has 0 fully saturated rings. The Balaban J connectivity index is 2.55. The summed E-state index contributed by atoms with van der Waals surface area (Å²) in [5.74, 6) is -1.15. The number of esters is 1. The highest BCUT2D eigenvalue weighted by molar-refractivity contribution is 9.11. The molecule has 1 amide bonds. The van der Waals surface area contributed by atoms with E-state index >= 15 is 0 Å². The van der Waals surface area contributed by atoms with Crippen LogP contribution in [0.15, 0.2) is 22.0 Å². The summed E-state index contributed by atoms with van der Waals surface area (Å²) in [6.45, 7) is -0.503. The molecular formula is C11H12BrNO4S. The highest BCUT2D eigenvalue weighted by Crippen LogP contribution is 2.22. The zero-order valence-electron chi connectivity index (χ0n) is 9.55. The van der Waals surface area contributed by atoms with Gasteiger partial charge in [-0.05, 0) is 34.1 Å². The third-order valence-electron chi connectivity index (χ3n) is 1.98. The van der Waals surface area contributed by atoms with E-state index < -0.39 is 24.5 Å². The lowest BCUT2D eigenvalue weighted by atomic mass is 10.3. The largest absolute Gasteiger partial charge is 0.467 e. The van der Waals surface area contributed by atoms with Crippen LogP contribution in [0, 0.1) is 0 Å². The maximum absolute atomic E-state index is 11.5. The Kier molecular flexibility index (Phi) is 6.03. The number of aliphatic hydroxyl groups excluding tert-OH is 1. The van der Waals surface area contributed by atoms with Gasteiger partial charge < -0.3 is 15.2 Å². The van der Waals surface area contributed by atoms with Crippen molar-refractivity contribution in [3.8, 4) is 0 Å². The van der Waals surface area contributed by atoms with Gasteiger partial charge in [0.2, 0.25) is 5.91 Å². The number of hydrogen-bond acceptors (Lipinski definition) is 5. The van der Waals surface area contributed by atoms with Crippen LogP contribution in [0.2, 0.25) is 0 Å². The smallest absolute Gasteiger partial charge is 0.330 e. The zero-order valence-corrected chi connectivity index (χ0v) is 12.0. The van der Waals surface area contributed by atoms with Crippen LogP contribution in [0.4, 0.5) is 0 Å². The number of rotatable bonds is 5. The van der Waals surface area contributed by atoms with E-state index in [9.17, 15) is 9.59 Å². The van der Waals surface area contributed by atoms with Crippen LogP contribution in [0.25, 0.3) is 6.08 Å². The van der Waals surface area contributed by atoms with Crippen LogP contribution in [0.1, 0.15) is 4.88 Å². The van der Waals surface area contributed by atoms with Crippen LogP contribution in [0.3, 0.4) is 0 Å². The van der Waals surface area contributed by atoms with Crippen molar-refractivity contribution in [2.75, 3.05) is 13.7 Å². The molecule has 1 heterocycles. The minimum atomic E-state index is -1.04. The molecule has 7 heteroatoms. The molecule has 1 aromatic rings. The molecule has 0 saturated heterocycles. The van der Waals surface area contributed by atoms with Crippen molar-refractivity contribution in [2.24, 2.45) is 0 Å². The zero-order chi connectivity index (χ0) is 13.5. The molecule has 98 valence electrons. The number of methoxy groups -OCH3 is 1. The summed E-state index contributed by atoms with van der Waals surface area (Å²) in [6.07, 6.45) is 2.92. The van der Waals surface area contributed by atoms with E-state index in [0.717, 1.165) is 8.66 Å². The standard InChI is InChI=1S/C11H12BrNO4S/c1-17-11(16)8(6-14)13-10(15)5-3-7-2-4-9(12)18-7/h2-5,8,14H,6H2,1H3,(H,13,15)/b5-3+. The van der Waals surface area contributed by atoms with Crippen LogP contribution in [-0.4, -0.2) is 36.7 Å². The molecule has 1 unspecified atom stereocenters. The van der Waals surface area contributed by atoms with Crippen molar-refractivity contribution < 1.29 is 19.4 Å². The molecule has 18 heavy (non-hydrogen) atoms. The highest BCUT2D eigenvalue weighted by Gasteiger charge is 2.18. The van der Waals surface area contributed by atoms with Crippen molar-refractivity contribution in [1.82, 2.24) is 5.32 Å². The van der Waals surface area contributed by atoms with Gasteiger partial charge in [-0.1, -0.05) is 0 Å². The molecular weight excluding hydrogens is 322 g/mol. The molecule has 2 N–H and O–H groups in total. The Labute approximate surface area is 117 Å². The summed E-state index contributed by atoms with van der Waals surface area (Å²) < 4.78 is 5.39. The van der Waals surface area contributed by atoms with Gasteiger partial charge in [0, 0.05) is 11.0 Å². The molecule has 5 nitrogen and oxygen atoms in total. The maximum Gasteiger partial charge on any atom is 0.330 e. The number of aliphatic hydroxyl groups is 1. The summed E-state index contributed by atoms with van der Waals surface area (Å²) in [6, 6.07) is 2.68. The van der Waals surface area contributed by atoms with Gasteiger partial charge in [0.25, 0.3) is 0 Å². The average molecular weight is 334 g/mol. The van der Waals surface area contributed by atoms with E-state index in [2.05, 4.69) is 26.0 Å². The number of hydrogen-bond donors (Lipinski definition) is 2. The lowest BCUT2D eigenvalue weighted by Gasteiger charge is -2.11. The first kappa shape index (κ1) is 14.9. The summed E-state index contributed by atoms with van der Waals surface area (Å²) in [4.78, 5) is 23.5. The second-order valence-corrected chi connectivity index (χ2v) is 5.74. The van der Waals surface area contributed by atoms with Gasteiger partial charge in [-0.25, -0.2) is 4.79 Å². The van der Waals surface area contributed by atoms with E-state index in [-0.39, 0.29) is 0 Å². The summed E-state index contributed by atoms with van der Waals surface area (Å²) in [7, 11) is 1.19. The lowest BCUT2D eigenvalue weighted by molar-refractivity contribution is -0.145. The number of nitrogens with one attached hydrogen (secondary N) is 1. The Morgan fingerprint density at radius 3 is 2.83 bits per heavy atom. The van der Waals surface area contributed by atoms with Gasteiger partial charge in [0.15, 0.2) is 6.04 Å². The van der Waals surface area contributed by atoms with Crippen LogP contribution >= 0.6 is 27.3 Å². The molecule has 0 aliphatic heterocycles. The molecule has 1 aromatic heterocycles. The van der Waals surface area contributed by atoms with Crippen molar-refractivity contribution in [3.05, 3.63) is 26.9 Å². The summed E-state index contributed by atoms with van der Waals surface area (Å²) in [5.41, 5.74) is 0. The van der Waals surface area contributed by atoms with Crippen molar-refractivity contribution in [3.63, 3.8) is 0 Å². The third kappa shape index (κ3) is 4.59. The van der Waals surface area contributed by atoms with Crippen LogP contribution in [0.5, 0.6) is 0 Å². The van der Waals surface area contributed by atoms with E-state index in [1.807, 2.05) is 12.1 Å². The predicted molar refractivity (Wildman–Crippen MR) is 72.1 cm³/mol. The van der Waals surface area contributed by atoms with Crippen molar-refractivity contribution in [2.45, 2.75) is 6.04 Å². The maximum atomic E-state index is 11.5. The third-order valence-corrected chi connectivity index (χ3v) is 3.57. The SMILES string of the molecule is COC(=O)C(CO)NC(=O)/C=C/c1ccc(Br)s1. The monoisotopic (exact) mass is 333 g/mol. The van der Waals surface area contributed by atoms with Crippen LogP contribution in [-0.2, 0) is 14.3 Å². The second-order valence-electron chi connectivity index (χ2n) is 3.24. The molecule has 1 atom stereocenters. The topological polar surface area (TPSA) is 75.6 Å². The highest BCUT2D eigenvalue weighted by atomic mass is 79.9. The molecule has 0 aliphatic carbocycles. The fourth-order valence-corrected chi connectivity index (χ4v) is 2.44. The Morgan fingerprint density at radius 1 is 1.61 bits per heavy atom. The number of carbonyl (C=O) groups is 2. The van der Waals surface area contributed by atoms with E-state index in [1.165, 1.54) is 24.5 Å². The Morgan fingerprint density at radius 2 is 2.33 bits per heavy atom. The molecule has 0 bridgehead atoms. The first-order valence-electron chi connectivity index (χ1n) is 4.99. The van der Waals surface area contributed by atoms with Gasteiger partial charge in [0.05, 0.1) is 17.5 Å². The second kappa shape index (κ2) is 7.30. The first-order chi connectivity index (χ1) is 8.56. The molecule has 0 aliphatic rings. The molecule has 0 spiro atoms. The quantitative estimate of drug-likeness (QED) is 0.626. The van der Waals surface area contributed by atoms with Gasteiger partial charge in [-0.15, -0.1) is 11.3 Å². The first-order valence-corrected chi connectivity index (χ1v) is 6.60. The number of amides is 1.